The smallest absolute Gasteiger partial charge is 0.150 e. The van der Waals surface area contributed by atoms with E-state index in [4.69, 9.17) is 39.4 Å². The summed E-state index contributed by atoms with van der Waals surface area (Å²) in [5.74, 6) is 3.41. The Morgan fingerprint density at radius 1 is 0.591 bits per heavy atom. The van der Waals surface area contributed by atoms with Gasteiger partial charge < -0.3 is 29.2 Å². The average Bonchev–Trinajstić information content (AvgIpc) is 3.28. The molecule has 4 unspecified atom stereocenters. The maximum absolute atomic E-state index is 12.1. The van der Waals surface area contributed by atoms with Gasteiger partial charge in [-0.15, -0.1) is 20.5 Å². The summed E-state index contributed by atoms with van der Waals surface area (Å²) in [6.07, 6.45) is 16.4. The van der Waals surface area contributed by atoms with E-state index < -0.39 is 0 Å². The molecule has 4 atom stereocenters. The van der Waals surface area contributed by atoms with Crippen molar-refractivity contribution in [3.8, 4) is 45.6 Å². The highest BCUT2D eigenvalue weighted by atomic mass is 16.5. The Bertz CT molecular complexity index is 2410. The minimum atomic E-state index is -0.359. The number of nitrogens with zero attached hydrogens (tertiary/aromatic N) is 4. The van der Waals surface area contributed by atoms with E-state index in [-0.39, 0.29) is 46.4 Å². The number of ether oxygens (including phenoxy) is 4. The molecule has 350 valence electrons. The molecule has 66 heavy (non-hydrogen) atoms. The first-order valence-electron chi connectivity index (χ1n) is 24.4. The number of benzene rings is 4. The van der Waals surface area contributed by atoms with Crippen LogP contribution in [0, 0.1) is 11.8 Å². The third kappa shape index (κ3) is 9.21. The number of azo groups is 2. The van der Waals surface area contributed by atoms with Crippen LogP contribution in [-0.4, -0.2) is 35.6 Å². The van der Waals surface area contributed by atoms with Crippen molar-refractivity contribution in [3.63, 3.8) is 0 Å². The first-order chi connectivity index (χ1) is 31.7. The lowest BCUT2D eigenvalue weighted by Crippen LogP contribution is -2.45. The number of phenols is 2. The lowest BCUT2D eigenvalue weighted by molar-refractivity contribution is 0.0104. The topological polar surface area (TPSA) is 127 Å². The van der Waals surface area contributed by atoms with E-state index >= 15 is 0 Å². The Kier molecular flexibility index (Phi) is 13.7. The zero-order chi connectivity index (χ0) is 46.9. The molecule has 0 saturated heterocycles. The molecule has 2 aliphatic carbocycles. The van der Waals surface area contributed by atoms with Gasteiger partial charge in [0.2, 0.25) is 0 Å². The number of unbranched alkanes of at least 4 members (excludes halogenated alkanes) is 4. The van der Waals surface area contributed by atoms with Crippen LogP contribution in [0.4, 0.5) is 22.7 Å². The molecule has 0 amide bonds. The predicted octanol–water partition coefficient (Wildman–Crippen LogP) is 16.3. The molecule has 4 aromatic rings. The number of methoxy groups -OCH3 is 2. The van der Waals surface area contributed by atoms with E-state index in [1.807, 2.05) is 36.4 Å². The fourth-order valence-electron chi connectivity index (χ4n) is 11.0. The molecule has 0 saturated carbocycles. The first-order valence-corrected chi connectivity index (χ1v) is 24.4. The molecule has 0 aromatic heterocycles. The fourth-order valence-corrected chi connectivity index (χ4v) is 11.0. The standard InChI is InChI=1S/C56H70N4O6/c1-11-13-15-17-37-31-47-49(39-27-33(3)19-23-41(39)55(5,6)65-47)53(61)51(37)59-57-43-25-21-35(29-45(43)63-9)36-22-26-44(46(30-36)64-10)58-60-52-38(18-16-14-12-2)32-48-50(54(52)62)40-28-34(4)20-24-42(40)56(7,8)66-48/h21-22,25-32,39-42,61-62H,11-20,23-24H2,1-10H3. The SMILES string of the molecule is CCCCCc1cc2c(c(O)c1N=Nc1ccc(-c3ccc(N=Nc4c(CCCCC)cc5c(c4O)C4C=C(C)CCC4C(C)(C)O5)c(OC)c3)cc1OC)C1C=C(C)CCC1C(C)(C)O2. The zero-order valence-electron chi connectivity index (χ0n) is 40.9. The number of hydrogen-bond donors (Lipinski definition) is 2. The van der Waals surface area contributed by atoms with Gasteiger partial charge >= 0.3 is 0 Å². The van der Waals surface area contributed by atoms with Crippen LogP contribution >= 0.6 is 0 Å². The van der Waals surface area contributed by atoms with Gasteiger partial charge in [0, 0.05) is 34.8 Å². The van der Waals surface area contributed by atoms with Crippen LogP contribution < -0.4 is 18.9 Å². The van der Waals surface area contributed by atoms with Crippen molar-refractivity contribution < 1.29 is 29.2 Å². The van der Waals surface area contributed by atoms with Gasteiger partial charge in [0.1, 0.15) is 56.9 Å². The molecular formula is C56H70N4O6. The van der Waals surface area contributed by atoms with Crippen LogP contribution in [0.2, 0.25) is 0 Å². The Morgan fingerprint density at radius 2 is 1.00 bits per heavy atom. The molecule has 8 rings (SSSR count). The summed E-state index contributed by atoms with van der Waals surface area (Å²) in [6.45, 7) is 17.4. The van der Waals surface area contributed by atoms with Gasteiger partial charge in [-0.05, 0) is 152 Å². The molecule has 4 aromatic carbocycles. The second kappa shape index (κ2) is 19.3. The number of aryl methyl sites for hydroxylation is 2. The Balaban J connectivity index is 1.10. The Labute approximate surface area is 392 Å². The maximum atomic E-state index is 12.1. The molecular weight excluding hydrogens is 825 g/mol. The first kappa shape index (κ1) is 46.9. The van der Waals surface area contributed by atoms with Crippen molar-refractivity contribution in [3.05, 3.63) is 94.1 Å². The fraction of sp³-hybridized carbons (Fsp3) is 0.500. The number of hydrogen-bond acceptors (Lipinski definition) is 10. The van der Waals surface area contributed by atoms with Crippen LogP contribution in [0.5, 0.6) is 34.5 Å². The average molecular weight is 895 g/mol. The van der Waals surface area contributed by atoms with E-state index in [2.05, 4.69) is 79.7 Å². The summed E-state index contributed by atoms with van der Waals surface area (Å²) in [5, 5.41) is 43.2. The van der Waals surface area contributed by atoms with Gasteiger partial charge in [0.15, 0.2) is 11.5 Å². The van der Waals surface area contributed by atoms with Crippen LogP contribution in [-0.2, 0) is 12.8 Å². The molecule has 2 N–H and O–H groups in total. The number of aromatic hydroxyl groups is 2. The molecule has 0 spiro atoms. The molecule has 0 radical (unpaired) electrons. The molecule has 0 bridgehead atoms. The second-order valence-electron chi connectivity index (χ2n) is 20.2. The van der Waals surface area contributed by atoms with E-state index in [1.54, 1.807) is 14.2 Å². The minimum absolute atomic E-state index is 0.0351. The summed E-state index contributed by atoms with van der Waals surface area (Å²) in [5.41, 5.74) is 9.23. The maximum Gasteiger partial charge on any atom is 0.150 e. The Hall–Kier alpha value is -5.64. The van der Waals surface area contributed by atoms with Crippen molar-refractivity contribution in [1.29, 1.82) is 0 Å². The minimum Gasteiger partial charge on any atom is -0.505 e. The van der Waals surface area contributed by atoms with Crippen molar-refractivity contribution in [2.75, 3.05) is 14.2 Å². The van der Waals surface area contributed by atoms with E-state index in [1.165, 1.54) is 11.1 Å². The lowest BCUT2D eigenvalue weighted by atomic mass is 9.67. The van der Waals surface area contributed by atoms with Gasteiger partial charge in [-0.2, -0.15) is 0 Å². The molecule has 10 heteroatoms. The van der Waals surface area contributed by atoms with E-state index in [0.29, 0.717) is 34.2 Å². The van der Waals surface area contributed by atoms with Crippen molar-refractivity contribution in [2.24, 2.45) is 32.3 Å². The molecule has 2 heterocycles. The predicted molar refractivity (Wildman–Crippen MR) is 264 cm³/mol. The summed E-state index contributed by atoms with van der Waals surface area (Å²) >= 11 is 0. The van der Waals surface area contributed by atoms with Crippen LogP contribution in [0.3, 0.4) is 0 Å². The quantitative estimate of drug-likeness (QED) is 0.0695. The molecule has 10 nitrogen and oxygen atoms in total. The van der Waals surface area contributed by atoms with Gasteiger partial charge in [-0.1, -0.05) is 75.0 Å². The summed E-state index contributed by atoms with van der Waals surface area (Å²) in [6, 6.07) is 15.8. The van der Waals surface area contributed by atoms with Crippen molar-refractivity contribution >= 4 is 22.7 Å². The van der Waals surface area contributed by atoms with Crippen molar-refractivity contribution in [1.82, 2.24) is 0 Å². The third-order valence-corrected chi connectivity index (χ3v) is 14.7. The zero-order valence-corrected chi connectivity index (χ0v) is 40.9. The van der Waals surface area contributed by atoms with Gasteiger partial charge in [0.05, 0.1) is 14.2 Å². The number of phenolic OH excluding ortho intramolecular Hbond substituents is 2. The summed E-state index contributed by atoms with van der Waals surface area (Å²) in [4.78, 5) is 0. The molecule has 0 fully saturated rings. The number of allylic oxidation sites excluding steroid dienone is 4. The highest BCUT2D eigenvalue weighted by molar-refractivity contribution is 5.74. The van der Waals surface area contributed by atoms with Gasteiger partial charge in [0.25, 0.3) is 0 Å². The lowest BCUT2D eigenvalue weighted by Gasteiger charge is -2.46. The van der Waals surface area contributed by atoms with Crippen LogP contribution in [0.15, 0.2) is 92.3 Å². The second-order valence-corrected chi connectivity index (χ2v) is 20.2. The highest BCUT2D eigenvalue weighted by Crippen LogP contribution is 2.58. The largest absolute Gasteiger partial charge is 0.505 e. The third-order valence-electron chi connectivity index (χ3n) is 14.7. The van der Waals surface area contributed by atoms with Crippen LogP contribution in [0.1, 0.15) is 154 Å². The van der Waals surface area contributed by atoms with E-state index in [9.17, 15) is 10.2 Å². The molecule has 2 aliphatic heterocycles. The van der Waals surface area contributed by atoms with E-state index in [0.717, 1.165) is 122 Å². The Morgan fingerprint density at radius 3 is 1.38 bits per heavy atom. The summed E-state index contributed by atoms with van der Waals surface area (Å²) in [7, 11) is 3.24. The summed E-state index contributed by atoms with van der Waals surface area (Å²) < 4.78 is 25.1. The van der Waals surface area contributed by atoms with Gasteiger partial charge in [-0.25, -0.2) is 0 Å². The van der Waals surface area contributed by atoms with Gasteiger partial charge in [-0.3, -0.25) is 0 Å². The molecule has 4 aliphatic rings. The number of rotatable bonds is 15. The highest BCUT2D eigenvalue weighted by Gasteiger charge is 2.47. The monoisotopic (exact) mass is 895 g/mol. The number of fused-ring (bicyclic) bond motifs is 6. The van der Waals surface area contributed by atoms with Crippen LogP contribution in [0.25, 0.3) is 11.1 Å². The normalized spacial score (nSPS) is 21.5. The van der Waals surface area contributed by atoms with Crippen molar-refractivity contribution in [2.45, 2.75) is 155 Å².